The first kappa shape index (κ1) is 17.4. The molecule has 1 heterocycles. The van der Waals surface area contributed by atoms with Gasteiger partial charge in [0.15, 0.2) is 0 Å². The van der Waals surface area contributed by atoms with Crippen LogP contribution >= 0.6 is 15.9 Å². The highest BCUT2D eigenvalue weighted by Gasteiger charge is 2.15. The summed E-state index contributed by atoms with van der Waals surface area (Å²) >= 11 is 3.21. The van der Waals surface area contributed by atoms with Crippen LogP contribution in [0.1, 0.15) is 5.56 Å². The number of nitrogens with zero attached hydrogens (tertiary/aromatic N) is 1. The van der Waals surface area contributed by atoms with Crippen LogP contribution in [0.3, 0.4) is 0 Å². The summed E-state index contributed by atoms with van der Waals surface area (Å²) < 4.78 is 33.5. The summed E-state index contributed by atoms with van der Waals surface area (Å²) in [5.74, 6) is 0.663. The van der Waals surface area contributed by atoms with Gasteiger partial charge in [0.25, 0.3) is 10.0 Å². The van der Waals surface area contributed by atoms with Crippen molar-refractivity contribution in [2.45, 2.75) is 11.5 Å². The molecule has 0 radical (unpaired) electrons. The average Bonchev–Trinajstić information content (AvgIpc) is 2.62. The molecule has 7 heteroatoms. The molecule has 3 aromatic rings. The maximum absolute atomic E-state index is 12.3. The predicted molar refractivity (Wildman–Crippen MR) is 100.0 cm³/mol. The molecule has 1 aromatic heterocycles. The number of hydrogen-bond donors (Lipinski definition) is 1. The van der Waals surface area contributed by atoms with Crippen LogP contribution in [0.5, 0.6) is 5.75 Å². The number of hydrogen-bond acceptors (Lipinski definition) is 4. The minimum atomic E-state index is -3.69. The van der Waals surface area contributed by atoms with Gasteiger partial charge in [0.1, 0.15) is 17.3 Å². The molecule has 0 saturated heterocycles. The standard InChI is InChI=1S/C18H15BrN2O3S/c19-15-10-18(12-20-11-15)25(22,23)21-16-6-8-17(9-7-16)24-13-14-4-2-1-3-5-14/h1-12,21H,13H2. The van der Waals surface area contributed by atoms with Crippen molar-refractivity contribution in [1.29, 1.82) is 0 Å². The van der Waals surface area contributed by atoms with Gasteiger partial charge in [0.2, 0.25) is 0 Å². The van der Waals surface area contributed by atoms with Crippen LogP contribution < -0.4 is 9.46 Å². The fourth-order valence-electron chi connectivity index (χ4n) is 2.11. The first-order valence-corrected chi connectivity index (χ1v) is 9.71. The summed E-state index contributed by atoms with van der Waals surface area (Å²) in [6.07, 6.45) is 2.82. The highest BCUT2D eigenvalue weighted by atomic mass is 79.9. The van der Waals surface area contributed by atoms with Crippen LogP contribution in [0.2, 0.25) is 0 Å². The second-order valence-electron chi connectivity index (χ2n) is 5.24. The lowest BCUT2D eigenvalue weighted by Crippen LogP contribution is -2.13. The fraction of sp³-hybridized carbons (Fsp3) is 0.0556. The van der Waals surface area contributed by atoms with E-state index in [1.165, 1.54) is 18.5 Å². The zero-order valence-electron chi connectivity index (χ0n) is 13.1. The topological polar surface area (TPSA) is 68.3 Å². The zero-order chi connectivity index (χ0) is 17.7. The van der Waals surface area contributed by atoms with Crippen molar-refractivity contribution in [1.82, 2.24) is 4.98 Å². The first-order valence-electron chi connectivity index (χ1n) is 7.43. The van der Waals surface area contributed by atoms with E-state index >= 15 is 0 Å². The van der Waals surface area contributed by atoms with E-state index < -0.39 is 10.0 Å². The minimum absolute atomic E-state index is 0.0891. The van der Waals surface area contributed by atoms with Gasteiger partial charge in [-0.1, -0.05) is 30.3 Å². The van der Waals surface area contributed by atoms with E-state index in [0.717, 1.165) is 5.56 Å². The Labute approximate surface area is 154 Å². The van der Waals surface area contributed by atoms with Gasteiger partial charge < -0.3 is 4.74 Å². The molecule has 0 amide bonds. The van der Waals surface area contributed by atoms with Crippen molar-refractivity contribution >= 4 is 31.6 Å². The smallest absolute Gasteiger partial charge is 0.263 e. The Bertz CT molecular complexity index is 946. The summed E-state index contributed by atoms with van der Waals surface area (Å²) in [4.78, 5) is 3.96. The SMILES string of the molecule is O=S(=O)(Nc1ccc(OCc2ccccc2)cc1)c1cncc(Br)c1. The van der Waals surface area contributed by atoms with Crippen molar-refractivity contribution < 1.29 is 13.2 Å². The lowest BCUT2D eigenvalue weighted by Gasteiger charge is -2.10. The molecular formula is C18H15BrN2O3S. The third kappa shape index (κ3) is 4.80. The van der Waals surface area contributed by atoms with Crippen LogP contribution in [0.15, 0.2) is 82.4 Å². The number of rotatable bonds is 6. The molecule has 0 aliphatic heterocycles. The second-order valence-corrected chi connectivity index (χ2v) is 7.84. The molecule has 0 fully saturated rings. The molecule has 2 aromatic carbocycles. The van der Waals surface area contributed by atoms with Crippen molar-refractivity contribution in [2.75, 3.05) is 4.72 Å². The molecule has 25 heavy (non-hydrogen) atoms. The molecule has 0 unspecified atom stereocenters. The number of anilines is 1. The molecule has 0 saturated carbocycles. The molecule has 5 nitrogen and oxygen atoms in total. The van der Waals surface area contributed by atoms with E-state index in [2.05, 4.69) is 25.6 Å². The van der Waals surface area contributed by atoms with Gasteiger partial charge in [-0.2, -0.15) is 0 Å². The third-order valence-electron chi connectivity index (χ3n) is 3.34. The number of nitrogens with one attached hydrogen (secondary N) is 1. The van der Waals surface area contributed by atoms with E-state index in [1.54, 1.807) is 24.3 Å². The predicted octanol–water partition coefficient (Wildman–Crippen LogP) is 4.22. The molecule has 0 aliphatic rings. The number of ether oxygens (including phenoxy) is 1. The van der Waals surface area contributed by atoms with Gasteiger partial charge in [0, 0.05) is 22.6 Å². The largest absolute Gasteiger partial charge is 0.489 e. The van der Waals surface area contributed by atoms with Crippen LogP contribution in [-0.4, -0.2) is 13.4 Å². The summed E-state index contributed by atoms with van der Waals surface area (Å²) in [5, 5.41) is 0. The molecule has 1 N–H and O–H groups in total. The van der Waals surface area contributed by atoms with Gasteiger partial charge in [0.05, 0.1) is 0 Å². The lowest BCUT2D eigenvalue weighted by molar-refractivity contribution is 0.306. The highest BCUT2D eigenvalue weighted by Crippen LogP contribution is 2.21. The maximum atomic E-state index is 12.3. The Morgan fingerprint density at radius 3 is 2.40 bits per heavy atom. The molecule has 0 atom stereocenters. The van der Waals surface area contributed by atoms with Crippen molar-refractivity contribution in [3.63, 3.8) is 0 Å². The van der Waals surface area contributed by atoms with Gasteiger partial charge in [-0.3, -0.25) is 9.71 Å². The second kappa shape index (κ2) is 7.67. The summed E-state index contributed by atoms with van der Waals surface area (Å²) in [7, 11) is -3.69. The number of pyridine rings is 1. The van der Waals surface area contributed by atoms with Gasteiger partial charge in [-0.25, -0.2) is 8.42 Å². The summed E-state index contributed by atoms with van der Waals surface area (Å²) in [5.41, 5.74) is 1.52. The Balaban J connectivity index is 1.66. The van der Waals surface area contributed by atoms with Crippen molar-refractivity contribution in [3.05, 3.63) is 83.1 Å². The van der Waals surface area contributed by atoms with Crippen LogP contribution in [0.25, 0.3) is 0 Å². The van der Waals surface area contributed by atoms with E-state index in [9.17, 15) is 8.42 Å². The minimum Gasteiger partial charge on any atom is -0.489 e. The van der Waals surface area contributed by atoms with Gasteiger partial charge in [-0.05, 0) is 51.8 Å². The number of halogens is 1. The van der Waals surface area contributed by atoms with Crippen LogP contribution in [0.4, 0.5) is 5.69 Å². The van der Waals surface area contributed by atoms with Crippen molar-refractivity contribution in [3.8, 4) is 5.75 Å². The van der Waals surface area contributed by atoms with Gasteiger partial charge >= 0.3 is 0 Å². The van der Waals surface area contributed by atoms with E-state index in [4.69, 9.17) is 4.74 Å². The van der Waals surface area contributed by atoms with Gasteiger partial charge in [-0.15, -0.1) is 0 Å². The van der Waals surface area contributed by atoms with Crippen LogP contribution in [-0.2, 0) is 16.6 Å². The first-order chi connectivity index (χ1) is 12.0. The summed E-state index contributed by atoms with van der Waals surface area (Å²) in [6, 6.07) is 18.1. The highest BCUT2D eigenvalue weighted by molar-refractivity contribution is 9.10. The molecule has 128 valence electrons. The average molecular weight is 419 g/mol. The van der Waals surface area contributed by atoms with Crippen molar-refractivity contribution in [2.24, 2.45) is 0 Å². The molecule has 0 spiro atoms. The third-order valence-corrected chi connectivity index (χ3v) is 5.13. The number of sulfonamides is 1. The number of aromatic nitrogens is 1. The quantitative estimate of drug-likeness (QED) is 0.650. The number of benzene rings is 2. The Kier molecular flexibility index (Phi) is 5.35. The molecule has 3 rings (SSSR count). The Morgan fingerprint density at radius 1 is 1.00 bits per heavy atom. The Hall–Kier alpha value is -2.38. The van der Waals surface area contributed by atoms with Crippen LogP contribution in [0, 0.1) is 0 Å². The lowest BCUT2D eigenvalue weighted by atomic mass is 10.2. The van der Waals surface area contributed by atoms with E-state index in [1.807, 2.05) is 30.3 Å². The molecule has 0 bridgehead atoms. The monoisotopic (exact) mass is 418 g/mol. The zero-order valence-corrected chi connectivity index (χ0v) is 15.5. The molecule has 0 aliphatic carbocycles. The normalized spacial score (nSPS) is 11.1. The van der Waals surface area contributed by atoms with E-state index in [0.29, 0.717) is 22.5 Å². The Morgan fingerprint density at radius 2 is 1.72 bits per heavy atom. The summed E-state index contributed by atoms with van der Waals surface area (Å²) in [6.45, 7) is 0.454. The fourth-order valence-corrected chi connectivity index (χ4v) is 3.68. The maximum Gasteiger partial charge on any atom is 0.263 e. The molecular weight excluding hydrogens is 404 g/mol. The van der Waals surface area contributed by atoms with E-state index in [-0.39, 0.29) is 4.90 Å².